The largest absolute Gasteiger partial charge is 0.504 e. The van der Waals surface area contributed by atoms with Crippen LogP contribution in [0.25, 0.3) is 11.3 Å². The number of hydrogen-bond acceptors (Lipinski definition) is 4. The molecule has 0 fully saturated rings. The van der Waals surface area contributed by atoms with Gasteiger partial charge in [-0.3, -0.25) is 4.79 Å². The molecule has 22 heavy (non-hydrogen) atoms. The Morgan fingerprint density at radius 3 is 2.73 bits per heavy atom. The number of carboxylic acids is 1. The Kier molecular flexibility index (Phi) is 3.16. The van der Waals surface area contributed by atoms with Crippen LogP contribution in [0.15, 0.2) is 29.2 Å². The van der Waals surface area contributed by atoms with Crippen molar-refractivity contribution in [3.63, 3.8) is 0 Å². The molecule has 0 spiro atoms. The molecular weight excluding hydrogens is 286 g/mol. The second-order valence-electron chi connectivity index (χ2n) is 5.38. The number of nitrogens with zero attached hydrogens (tertiary/aromatic N) is 1. The summed E-state index contributed by atoms with van der Waals surface area (Å²) >= 11 is 0. The number of hydrogen-bond donors (Lipinski definition) is 2. The van der Waals surface area contributed by atoms with Crippen LogP contribution in [0.2, 0.25) is 0 Å². The van der Waals surface area contributed by atoms with Gasteiger partial charge in [-0.05, 0) is 31.0 Å². The van der Waals surface area contributed by atoms with Gasteiger partial charge < -0.3 is 19.5 Å². The normalized spacial score (nSPS) is 15.8. The van der Waals surface area contributed by atoms with Gasteiger partial charge in [-0.15, -0.1) is 0 Å². The Labute approximate surface area is 126 Å². The predicted octanol–water partition coefficient (Wildman–Crippen LogP) is 2.04. The van der Waals surface area contributed by atoms with Gasteiger partial charge in [-0.25, -0.2) is 4.79 Å². The maximum absolute atomic E-state index is 12.0. The maximum Gasteiger partial charge on any atom is 0.341 e. The number of phenols is 1. The number of aromatic hydroxyl groups is 1. The van der Waals surface area contributed by atoms with E-state index in [9.17, 15) is 14.7 Å². The number of methoxy groups -OCH3 is 1. The fourth-order valence-electron chi connectivity index (χ4n) is 2.89. The van der Waals surface area contributed by atoms with Gasteiger partial charge >= 0.3 is 5.97 Å². The fourth-order valence-corrected chi connectivity index (χ4v) is 2.89. The van der Waals surface area contributed by atoms with Crippen molar-refractivity contribution < 1.29 is 19.7 Å². The first-order valence-electron chi connectivity index (χ1n) is 6.82. The summed E-state index contributed by atoms with van der Waals surface area (Å²) in [6, 6.07) is 4.61. The average Bonchev–Trinajstić information content (AvgIpc) is 2.46. The second-order valence-corrected chi connectivity index (χ2v) is 5.38. The molecule has 2 heterocycles. The van der Waals surface area contributed by atoms with E-state index in [-0.39, 0.29) is 17.4 Å². The molecule has 6 nitrogen and oxygen atoms in total. The summed E-state index contributed by atoms with van der Waals surface area (Å²) in [6.07, 6.45) is 2.01. The zero-order valence-electron chi connectivity index (χ0n) is 12.2. The summed E-state index contributed by atoms with van der Waals surface area (Å²) in [5.74, 6) is -0.873. The number of ether oxygens (including phenoxy) is 1. The van der Waals surface area contributed by atoms with Crippen molar-refractivity contribution in [1.29, 1.82) is 0 Å². The van der Waals surface area contributed by atoms with Crippen molar-refractivity contribution in [2.45, 2.75) is 19.4 Å². The number of phenolic OH excluding ortho intramolecular Hbond substituents is 1. The van der Waals surface area contributed by atoms with Gasteiger partial charge in [0.05, 0.1) is 12.8 Å². The van der Waals surface area contributed by atoms with Crippen LogP contribution in [0.5, 0.6) is 11.5 Å². The number of benzene rings is 1. The highest BCUT2D eigenvalue weighted by Gasteiger charge is 2.25. The third-order valence-electron chi connectivity index (χ3n) is 3.98. The predicted molar refractivity (Wildman–Crippen MR) is 79.7 cm³/mol. The monoisotopic (exact) mass is 301 g/mol. The number of carboxylic acid groups (broad SMARTS) is 1. The number of carbonyl (C=O) groups is 1. The summed E-state index contributed by atoms with van der Waals surface area (Å²) in [4.78, 5) is 23.1. The van der Waals surface area contributed by atoms with Crippen LogP contribution < -0.4 is 10.2 Å². The third kappa shape index (κ3) is 2.04. The first-order valence-corrected chi connectivity index (χ1v) is 6.82. The molecule has 1 aliphatic heterocycles. The lowest BCUT2D eigenvalue weighted by molar-refractivity contribution is 0.0694. The molecule has 2 aromatic rings. The smallest absolute Gasteiger partial charge is 0.341 e. The topological polar surface area (TPSA) is 88.8 Å². The molecule has 1 aliphatic rings. The van der Waals surface area contributed by atoms with Crippen LogP contribution in [0.3, 0.4) is 0 Å². The minimum Gasteiger partial charge on any atom is -0.504 e. The lowest BCUT2D eigenvalue weighted by Gasteiger charge is -2.28. The van der Waals surface area contributed by atoms with E-state index in [4.69, 9.17) is 9.84 Å². The van der Waals surface area contributed by atoms with Gasteiger partial charge in [0.2, 0.25) is 0 Å². The lowest BCUT2D eigenvalue weighted by Crippen LogP contribution is -2.24. The molecule has 1 unspecified atom stereocenters. The van der Waals surface area contributed by atoms with E-state index < -0.39 is 11.4 Å². The molecule has 6 heteroatoms. The van der Waals surface area contributed by atoms with Gasteiger partial charge in [-0.1, -0.05) is 0 Å². The van der Waals surface area contributed by atoms with E-state index in [0.29, 0.717) is 17.9 Å². The molecule has 114 valence electrons. The first kappa shape index (κ1) is 14.2. The molecule has 0 saturated heterocycles. The standard InChI is InChI=1S/C16H15NO5/c1-8-3-9-4-14(19)15(22-2)5-10(9)12-6-13(18)11(16(20)21)7-17(8)12/h4-8,19H,3H2,1-2H3,(H,20,21). The molecule has 1 atom stereocenters. The molecule has 0 radical (unpaired) electrons. The minimum absolute atomic E-state index is 0.0194. The van der Waals surface area contributed by atoms with E-state index in [1.54, 1.807) is 16.7 Å². The molecule has 1 aromatic heterocycles. The highest BCUT2D eigenvalue weighted by molar-refractivity contribution is 5.87. The van der Waals surface area contributed by atoms with Crippen molar-refractivity contribution in [1.82, 2.24) is 4.57 Å². The van der Waals surface area contributed by atoms with Gasteiger partial charge in [-0.2, -0.15) is 0 Å². The van der Waals surface area contributed by atoms with E-state index >= 15 is 0 Å². The van der Waals surface area contributed by atoms with Gasteiger partial charge in [0, 0.05) is 23.9 Å². The summed E-state index contributed by atoms with van der Waals surface area (Å²) in [5.41, 5.74) is 1.51. The molecular formula is C16H15NO5. The van der Waals surface area contributed by atoms with Crippen molar-refractivity contribution in [2.24, 2.45) is 0 Å². The summed E-state index contributed by atoms with van der Waals surface area (Å²) in [6.45, 7) is 1.93. The number of rotatable bonds is 2. The number of aromatic nitrogens is 1. The molecule has 1 aromatic carbocycles. The number of fused-ring (bicyclic) bond motifs is 3. The lowest BCUT2D eigenvalue weighted by atomic mass is 9.92. The zero-order chi connectivity index (χ0) is 16.0. The van der Waals surface area contributed by atoms with Gasteiger partial charge in [0.15, 0.2) is 16.9 Å². The van der Waals surface area contributed by atoms with Gasteiger partial charge in [0.25, 0.3) is 0 Å². The quantitative estimate of drug-likeness (QED) is 0.886. The SMILES string of the molecule is COc1cc2c(cc1O)CC(C)n1cc(C(=O)O)c(=O)cc1-2. The Balaban J connectivity index is 2.30. The van der Waals surface area contributed by atoms with Crippen LogP contribution in [0.1, 0.15) is 28.9 Å². The van der Waals surface area contributed by atoms with Crippen LogP contribution in [0.4, 0.5) is 0 Å². The zero-order valence-corrected chi connectivity index (χ0v) is 12.2. The van der Waals surface area contributed by atoms with Crippen LogP contribution in [-0.2, 0) is 6.42 Å². The van der Waals surface area contributed by atoms with E-state index in [0.717, 1.165) is 11.1 Å². The van der Waals surface area contributed by atoms with Crippen LogP contribution in [-0.4, -0.2) is 27.9 Å². The molecule has 0 bridgehead atoms. The second kappa shape index (κ2) is 4.91. The average molecular weight is 301 g/mol. The number of pyridine rings is 1. The van der Waals surface area contributed by atoms with Crippen molar-refractivity contribution in [3.8, 4) is 22.8 Å². The molecule has 0 aliphatic carbocycles. The Bertz CT molecular complexity index is 837. The van der Waals surface area contributed by atoms with Gasteiger partial charge in [0.1, 0.15) is 5.56 Å². The van der Waals surface area contributed by atoms with E-state index in [1.807, 2.05) is 6.92 Å². The summed E-state index contributed by atoms with van der Waals surface area (Å²) in [7, 11) is 1.45. The van der Waals surface area contributed by atoms with Crippen molar-refractivity contribution in [3.05, 3.63) is 45.7 Å². The first-order chi connectivity index (χ1) is 10.4. The highest BCUT2D eigenvalue weighted by Crippen LogP contribution is 2.40. The number of aromatic carboxylic acids is 1. The molecule has 0 saturated carbocycles. The van der Waals surface area contributed by atoms with Crippen molar-refractivity contribution in [2.75, 3.05) is 7.11 Å². The summed E-state index contributed by atoms with van der Waals surface area (Å²) in [5, 5.41) is 19.0. The van der Waals surface area contributed by atoms with Crippen LogP contribution in [0, 0.1) is 0 Å². The molecule has 0 amide bonds. The van der Waals surface area contributed by atoms with Crippen molar-refractivity contribution >= 4 is 5.97 Å². The molecule has 2 N–H and O–H groups in total. The third-order valence-corrected chi connectivity index (χ3v) is 3.98. The Hall–Kier alpha value is -2.76. The fraction of sp³-hybridized carbons (Fsp3) is 0.250. The highest BCUT2D eigenvalue weighted by atomic mass is 16.5. The minimum atomic E-state index is -1.23. The maximum atomic E-state index is 12.0. The Morgan fingerprint density at radius 2 is 2.09 bits per heavy atom. The van der Waals surface area contributed by atoms with E-state index in [2.05, 4.69) is 0 Å². The van der Waals surface area contributed by atoms with Crippen LogP contribution >= 0.6 is 0 Å². The molecule has 3 rings (SSSR count). The summed E-state index contributed by atoms with van der Waals surface area (Å²) < 4.78 is 6.90. The Morgan fingerprint density at radius 1 is 1.36 bits per heavy atom. The van der Waals surface area contributed by atoms with E-state index in [1.165, 1.54) is 19.4 Å².